The molecule has 0 saturated heterocycles. The number of rotatable bonds is 6. The third kappa shape index (κ3) is 5.90. The molecule has 9 heteroatoms. The molecule has 0 spiro atoms. The number of aryl methyl sites for hydroxylation is 2. The Bertz CT molecular complexity index is 1070. The maximum absolute atomic E-state index is 12.5. The van der Waals surface area contributed by atoms with Crippen LogP contribution >= 0.6 is 28.1 Å². The van der Waals surface area contributed by atoms with Gasteiger partial charge in [-0.3, -0.25) is 20.3 Å². The summed E-state index contributed by atoms with van der Waals surface area (Å²) in [4.78, 5) is 24.9. The summed E-state index contributed by atoms with van der Waals surface area (Å²) >= 11 is 8.58. The molecule has 2 aromatic rings. The predicted molar refractivity (Wildman–Crippen MR) is 123 cm³/mol. The van der Waals surface area contributed by atoms with E-state index in [0.717, 1.165) is 11.1 Å². The summed E-state index contributed by atoms with van der Waals surface area (Å²) < 4.78 is 7.51. The van der Waals surface area contributed by atoms with Crippen molar-refractivity contribution in [2.45, 2.75) is 34.1 Å². The van der Waals surface area contributed by atoms with Crippen LogP contribution in [0.4, 0.5) is 0 Å². The third-order valence-electron chi connectivity index (χ3n) is 4.29. The minimum absolute atomic E-state index is 0.0132. The lowest BCUT2D eigenvalue weighted by Gasteiger charge is -2.15. The number of pyridine rings is 1. The number of benzene rings is 1. The first kappa shape index (κ1) is 23.6. The van der Waals surface area contributed by atoms with Crippen molar-refractivity contribution in [3.05, 3.63) is 61.5 Å². The number of halogens is 1. The van der Waals surface area contributed by atoms with E-state index in [1.807, 2.05) is 6.07 Å². The zero-order chi connectivity index (χ0) is 22.4. The quantitative estimate of drug-likeness (QED) is 0.598. The molecule has 0 bridgehead atoms. The topological polar surface area (TPSA) is 96.2 Å². The van der Waals surface area contributed by atoms with E-state index in [9.17, 15) is 9.59 Å². The Labute approximate surface area is 189 Å². The van der Waals surface area contributed by atoms with Gasteiger partial charge in [-0.1, -0.05) is 13.8 Å². The Hall–Kier alpha value is -2.70. The van der Waals surface area contributed by atoms with E-state index >= 15 is 0 Å². The molecule has 30 heavy (non-hydrogen) atoms. The molecular formula is C21H23BrN4O3S. The Morgan fingerprint density at radius 1 is 1.33 bits per heavy atom. The second kappa shape index (κ2) is 10.4. The number of hydrogen-bond acceptors (Lipinski definition) is 5. The number of thiocarbonyl (C=S) groups is 1. The van der Waals surface area contributed by atoms with Crippen molar-refractivity contribution in [3.63, 3.8) is 0 Å². The molecule has 1 heterocycles. The fraction of sp³-hybridized carbons (Fsp3) is 0.333. The van der Waals surface area contributed by atoms with E-state index in [-0.39, 0.29) is 10.7 Å². The molecule has 0 fully saturated rings. The second-order valence-electron chi connectivity index (χ2n) is 7.17. The lowest BCUT2D eigenvalue weighted by atomic mass is 10.1. The smallest absolute Gasteiger partial charge is 0.287 e. The molecule has 0 aliphatic carbocycles. The molecule has 158 valence electrons. The van der Waals surface area contributed by atoms with Crippen molar-refractivity contribution >= 4 is 39.2 Å². The van der Waals surface area contributed by atoms with Crippen LogP contribution in [0.15, 0.2) is 33.5 Å². The summed E-state index contributed by atoms with van der Waals surface area (Å²) in [5.41, 5.74) is 3.64. The van der Waals surface area contributed by atoms with Gasteiger partial charge in [-0.05, 0) is 84.2 Å². The zero-order valence-electron chi connectivity index (χ0n) is 17.2. The highest BCUT2D eigenvalue weighted by Gasteiger charge is 2.14. The minimum atomic E-state index is -0.530. The number of carbonyl (C=O) groups is 1. The first-order valence-corrected chi connectivity index (χ1v) is 10.5. The first-order chi connectivity index (χ1) is 14.1. The maximum Gasteiger partial charge on any atom is 0.287 e. The molecule has 1 amide bonds. The van der Waals surface area contributed by atoms with Crippen LogP contribution in [-0.2, 0) is 0 Å². The van der Waals surface area contributed by atoms with Gasteiger partial charge in [0.25, 0.3) is 11.5 Å². The predicted octanol–water partition coefficient (Wildman–Crippen LogP) is 3.78. The van der Waals surface area contributed by atoms with E-state index < -0.39 is 11.5 Å². The number of hydrogen-bond donors (Lipinski definition) is 2. The SMILES string of the molecule is Cc1cc(C)n(NC(=S)NC(=O)c2ccc(OCCC(C)C)c(Br)c2)c(=O)c1C#N. The van der Waals surface area contributed by atoms with Gasteiger partial charge in [0.1, 0.15) is 17.4 Å². The molecule has 0 saturated carbocycles. The van der Waals surface area contributed by atoms with Crippen LogP contribution in [0.5, 0.6) is 5.75 Å². The van der Waals surface area contributed by atoms with Crippen LogP contribution in [0.1, 0.15) is 47.4 Å². The largest absolute Gasteiger partial charge is 0.492 e. The van der Waals surface area contributed by atoms with Crippen LogP contribution in [-0.4, -0.2) is 22.3 Å². The van der Waals surface area contributed by atoms with Crippen LogP contribution in [0.3, 0.4) is 0 Å². The average Bonchev–Trinajstić information content (AvgIpc) is 2.66. The van der Waals surface area contributed by atoms with Gasteiger partial charge in [-0.15, -0.1) is 0 Å². The zero-order valence-corrected chi connectivity index (χ0v) is 19.6. The first-order valence-electron chi connectivity index (χ1n) is 9.32. The fourth-order valence-electron chi connectivity index (χ4n) is 2.63. The highest BCUT2D eigenvalue weighted by Crippen LogP contribution is 2.26. The molecule has 1 aromatic carbocycles. The summed E-state index contributed by atoms with van der Waals surface area (Å²) in [5, 5.41) is 11.6. The molecule has 2 rings (SSSR count). The summed E-state index contributed by atoms with van der Waals surface area (Å²) in [6.07, 6.45) is 0.930. The molecule has 7 nitrogen and oxygen atoms in total. The van der Waals surface area contributed by atoms with Crippen LogP contribution in [0.25, 0.3) is 0 Å². The molecule has 1 aromatic heterocycles. The van der Waals surface area contributed by atoms with Gasteiger partial charge in [-0.2, -0.15) is 5.26 Å². The summed E-state index contributed by atoms with van der Waals surface area (Å²) in [5.74, 6) is 0.746. The fourth-order valence-corrected chi connectivity index (χ4v) is 3.31. The highest BCUT2D eigenvalue weighted by molar-refractivity contribution is 9.10. The average molecular weight is 491 g/mol. The Balaban J connectivity index is 2.08. The highest BCUT2D eigenvalue weighted by atomic mass is 79.9. The number of ether oxygens (including phenoxy) is 1. The van der Waals surface area contributed by atoms with Gasteiger partial charge in [0.15, 0.2) is 5.11 Å². The number of nitrogens with zero attached hydrogens (tertiary/aromatic N) is 2. The normalized spacial score (nSPS) is 10.4. The Morgan fingerprint density at radius 2 is 2.03 bits per heavy atom. The molecule has 0 unspecified atom stereocenters. The van der Waals surface area contributed by atoms with E-state index in [1.54, 1.807) is 38.1 Å². The van der Waals surface area contributed by atoms with Crippen LogP contribution in [0.2, 0.25) is 0 Å². The second-order valence-corrected chi connectivity index (χ2v) is 8.43. The number of carbonyl (C=O) groups excluding carboxylic acids is 1. The van der Waals surface area contributed by atoms with Gasteiger partial charge in [0, 0.05) is 11.3 Å². The van der Waals surface area contributed by atoms with Crippen molar-refractivity contribution in [1.29, 1.82) is 5.26 Å². The van der Waals surface area contributed by atoms with E-state index in [1.165, 1.54) is 0 Å². The molecule has 0 atom stereocenters. The van der Waals surface area contributed by atoms with Gasteiger partial charge in [-0.25, -0.2) is 4.68 Å². The van der Waals surface area contributed by atoms with Gasteiger partial charge in [0.2, 0.25) is 0 Å². The van der Waals surface area contributed by atoms with Crippen LogP contribution < -0.4 is 21.0 Å². The molecular weight excluding hydrogens is 468 g/mol. The molecule has 0 aliphatic heterocycles. The molecule has 2 N–H and O–H groups in total. The van der Waals surface area contributed by atoms with Crippen molar-refractivity contribution in [2.75, 3.05) is 12.0 Å². The number of nitriles is 1. The summed E-state index contributed by atoms with van der Waals surface area (Å²) in [6.45, 7) is 8.21. The van der Waals surface area contributed by atoms with Crippen LogP contribution in [0, 0.1) is 31.1 Å². The Kier molecular flexibility index (Phi) is 8.15. The molecule has 0 radical (unpaired) electrons. The van der Waals surface area contributed by atoms with Gasteiger partial charge in [0.05, 0.1) is 11.1 Å². The van der Waals surface area contributed by atoms with Crippen molar-refractivity contribution in [3.8, 4) is 11.8 Å². The van der Waals surface area contributed by atoms with E-state index in [4.69, 9.17) is 22.2 Å². The van der Waals surface area contributed by atoms with E-state index in [0.29, 0.717) is 39.6 Å². The standard InChI is InChI=1S/C21H23BrN4O3S/c1-12(2)7-8-29-18-6-5-15(10-17(18)22)19(27)24-21(30)25-26-14(4)9-13(3)16(11-23)20(26)28/h5-6,9-10,12H,7-8H2,1-4H3,(H2,24,25,27,30). The van der Waals surface area contributed by atoms with Crippen molar-refractivity contribution in [1.82, 2.24) is 9.99 Å². The molecule has 0 aliphatic rings. The maximum atomic E-state index is 12.5. The third-order valence-corrected chi connectivity index (χ3v) is 5.10. The van der Waals surface area contributed by atoms with Crippen molar-refractivity contribution in [2.24, 2.45) is 5.92 Å². The van der Waals surface area contributed by atoms with Gasteiger partial charge >= 0.3 is 0 Å². The number of nitrogens with one attached hydrogen (secondary N) is 2. The summed E-state index contributed by atoms with van der Waals surface area (Å²) in [7, 11) is 0. The minimum Gasteiger partial charge on any atom is -0.492 e. The monoisotopic (exact) mass is 490 g/mol. The van der Waals surface area contributed by atoms with E-state index in [2.05, 4.69) is 40.5 Å². The lowest BCUT2D eigenvalue weighted by molar-refractivity contribution is 0.0977. The number of aromatic nitrogens is 1. The van der Waals surface area contributed by atoms with Gasteiger partial charge < -0.3 is 4.74 Å². The lowest BCUT2D eigenvalue weighted by Crippen LogP contribution is -2.43. The van der Waals surface area contributed by atoms with Crippen molar-refractivity contribution < 1.29 is 9.53 Å². The number of amides is 1. The Morgan fingerprint density at radius 3 is 2.63 bits per heavy atom. The summed E-state index contributed by atoms with van der Waals surface area (Å²) in [6, 6.07) is 8.55.